The van der Waals surface area contributed by atoms with Crippen LogP contribution in [0.15, 0.2) is 60.7 Å². The predicted octanol–water partition coefficient (Wildman–Crippen LogP) is 6.69. The largest absolute Gasteiger partial charge is 0.496 e. The van der Waals surface area contributed by atoms with Crippen molar-refractivity contribution >= 4 is 10.8 Å². The molecule has 3 aromatic rings. The molecule has 0 saturated heterocycles. The molecule has 0 aliphatic rings. The Balaban J connectivity index is 1.50. The van der Waals surface area contributed by atoms with E-state index in [1.54, 1.807) is 7.11 Å². The first kappa shape index (κ1) is 21.4. The minimum atomic E-state index is 0.956. The Morgan fingerprint density at radius 2 is 1.31 bits per heavy atom. The molecule has 0 amide bonds. The third-order valence-electron chi connectivity index (χ3n) is 5.68. The lowest BCUT2D eigenvalue weighted by molar-refractivity contribution is 0.408. The molecule has 0 bridgehead atoms. The molecule has 0 saturated carbocycles. The van der Waals surface area contributed by atoms with Crippen LogP contribution in [0.3, 0.4) is 0 Å². The van der Waals surface area contributed by atoms with Crippen molar-refractivity contribution in [2.24, 2.45) is 0 Å². The first-order chi connectivity index (χ1) is 14.3. The summed E-state index contributed by atoms with van der Waals surface area (Å²) in [6, 6.07) is 21.9. The molecular formula is C27H35NO. The fourth-order valence-electron chi connectivity index (χ4n) is 4.09. The number of rotatable bonds is 12. The highest BCUT2D eigenvalue weighted by Crippen LogP contribution is 2.25. The molecule has 0 radical (unpaired) electrons. The summed E-state index contributed by atoms with van der Waals surface area (Å²) < 4.78 is 5.46. The van der Waals surface area contributed by atoms with Crippen LogP contribution in [0.2, 0.25) is 0 Å². The normalized spacial score (nSPS) is 11.1. The van der Waals surface area contributed by atoms with Gasteiger partial charge in [0, 0.05) is 6.54 Å². The number of hydrogen-bond donors (Lipinski definition) is 1. The van der Waals surface area contributed by atoms with Gasteiger partial charge in [-0.15, -0.1) is 0 Å². The first-order valence-corrected chi connectivity index (χ1v) is 11.2. The summed E-state index contributed by atoms with van der Waals surface area (Å²) in [6.45, 7) is 4.24. The van der Waals surface area contributed by atoms with E-state index in [-0.39, 0.29) is 0 Å². The lowest BCUT2D eigenvalue weighted by Crippen LogP contribution is -2.14. The van der Waals surface area contributed by atoms with Gasteiger partial charge in [-0.05, 0) is 72.2 Å². The van der Waals surface area contributed by atoms with Crippen molar-refractivity contribution in [3.8, 4) is 5.75 Å². The third kappa shape index (κ3) is 6.08. The predicted molar refractivity (Wildman–Crippen MR) is 125 cm³/mol. The van der Waals surface area contributed by atoms with Crippen LogP contribution < -0.4 is 10.1 Å². The van der Waals surface area contributed by atoms with Crippen molar-refractivity contribution in [2.45, 2.75) is 58.4 Å². The van der Waals surface area contributed by atoms with Gasteiger partial charge in [-0.2, -0.15) is 0 Å². The number of hydrogen-bond acceptors (Lipinski definition) is 2. The molecule has 0 unspecified atom stereocenters. The Bertz CT molecular complexity index is 887. The maximum absolute atomic E-state index is 5.46. The highest BCUT2D eigenvalue weighted by molar-refractivity contribution is 5.88. The number of nitrogens with one attached hydrogen (secondary N) is 1. The van der Waals surface area contributed by atoms with Crippen LogP contribution in [0.5, 0.6) is 5.75 Å². The Kier molecular flexibility index (Phi) is 8.58. The van der Waals surface area contributed by atoms with Gasteiger partial charge in [0.25, 0.3) is 0 Å². The maximum Gasteiger partial charge on any atom is 0.122 e. The Morgan fingerprint density at radius 3 is 2.03 bits per heavy atom. The van der Waals surface area contributed by atoms with Crippen molar-refractivity contribution in [3.63, 3.8) is 0 Å². The molecule has 0 atom stereocenters. The fraction of sp³-hybridized carbons (Fsp3) is 0.407. The lowest BCUT2D eigenvalue weighted by atomic mass is 9.95. The van der Waals surface area contributed by atoms with Crippen molar-refractivity contribution in [1.82, 2.24) is 5.32 Å². The molecule has 2 heteroatoms. The molecule has 29 heavy (non-hydrogen) atoms. The molecule has 0 aliphatic heterocycles. The van der Waals surface area contributed by atoms with E-state index in [9.17, 15) is 0 Å². The van der Waals surface area contributed by atoms with Crippen LogP contribution in [0.4, 0.5) is 0 Å². The van der Waals surface area contributed by atoms with E-state index in [4.69, 9.17) is 4.74 Å². The van der Waals surface area contributed by atoms with Gasteiger partial charge in [0.15, 0.2) is 0 Å². The Hall–Kier alpha value is -2.32. The van der Waals surface area contributed by atoms with Crippen LogP contribution in [-0.2, 0) is 19.4 Å². The molecule has 3 rings (SSSR count). The second-order valence-electron chi connectivity index (χ2n) is 7.83. The zero-order chi connectivity index (χ0) is 20.3. The first-order valence-electron chi connectivity index (χ1n) is 11.2. The summed E-state index contributed by atoms with van der Waals surface area (Å²) in [5.74, 6) is 1.02. The number of methoxy groups -OCH3 is 1. The summed E-state index contributed by atoms with van der Waals surface area (Å²) in [6.07, 6.45) is 8.47. The summed E-state index contributed by atoms with van der Waals surface area (Å²) in [5, 5.41) is 6.38. The molecular weight excluding hydrogens is 354 g/mol. The molecule has 154 valence electrons. The molecule has 0 fully saturated rings. The quantitative estimate of drug-likeness (QED) is 0.348. The molecule has 0 heterocycles. The summed E-state index contributed by atoms with van der Waals surface area (Å²) in [4.78, 5) is 0. The number of benzene rings is 3. The average Bonchev–Trinajstić information content (AvgIpc) is 2.77. The van der Waals surface area contributed by atoms with Gasteiger partial charge in [-0.25, -0.2) is 0 Å². The SMILES string of the molecule is CCCNCc1ccc(CCCCCCc2ccccc2OC)c2ccccc12. The smallest absolute Gasteiger partial charge is 0.122 e. The summed E-state index contributed by atoms with van der Waals surface area (Å²) in [7, 11) is 1.76. The number of unbranched alkanes of at least 4 members (excludes halogenated alkanes) is 3. The van der Waals surface area contributed by atoms with Crippen LogP contribution in [-0.4, -0.2) is 13.7 Å². The molecule has 2 nitrogen and oxygen atoms in total. The molecule has 0 spiro atoms. The topological polar surface area (TPSA) is 21.3 Å². The fourth-order valence-corrected chi connectivity index (χ4v) is 4.09. The highest BCUT2D eigenvalue weighted by Gasteiger charge is 2.06. The van der Waals surface area contributed by atoms with Gasteiger partial charge in [-0.1, -0.05) is 74.4 Å². The zero-order valence-corrected chi connectivity index (χ0v) is 18.0. The average molecular weight is 390 g/mol. The van der Waals surface area contributed by atoms with Crippen LogP contribution in [0.25, 0.3) is 10.8 Å². The second-order valence-corrected chi connectivity index (χ2v) is 7.83. The van der Waals surface area contributed by atoms with Crippen LogP contribution >= 0.6 is 0 Å². The van der Waals surface area contributed by atoms with E-state index in [2.05, 4.69) is 66.8 Å². The highest BCUT2D eigenvalue weighted by atomic mass is 16.5. The van der Waals surface area contributed by atoms with Crippen molar-refractivity contribution in [2.75, 3.05) is 13.7 Å². The number of aryl methyl sites for hydroxylation is 2. The van der Waals surface area contributed by atoms with Crippen molar-refractivity contribution in [1.29, 1.82) is 0 Å². The number of ether oxygens (including phenoxy) is 1. The van der Waals surface area contributed by atoms with E-state index in [0.29, 0.717) is 0 Å². The minimum absolute atomic E-state index is 0.956. The Labute approximate surface area is 176 Å². The maximum atomic E-state index is 5.46. The zero-order valence-electron chi connectivity index (χ0n) is 18.0. The lowest BCUT2D eigenvalue weighted by Gasteiger charge is -2.12. The molecule has 3 aromatic carbocycles. The summed E-state index contributed by atoms with van der Waals surface area (Å²) >= 11 is 0. The number of fused-ring (bicyclic) bond motifs is 1. The molecule has 0 aromatic heterocycles. The van der Waals surface area contributed by atoms with E-state index < -0.39 is 0 Å². The van der Waals surface area contributed by atoms with Gasteiger partial charge in [0.2, 0.25) is 0 Å². The van der Waals surface area contributed by atoms with E-state index in [1.165, 1.54) is 59.6 Å². The van der Waals surface area contributed by atoms with Gasteiger partial charge in [-0.3, -0.25) is 0 Å². The van der Waals surface area contributed by atoms with Crippen LogP contribution in [0, 0.1) is 0 Å². The van der Waals surface area contributed by atoms with E-state index in [0.717, 1.165) is 31.7 Å². The molecule has 1 N–H and O–H groups in total. The molecule has 0 aliphatic carbocycles. The standard InChI is InChI=1S/C27H35NO/c1-3-20-28-21-24-19-18-22(25-15-9-10-16-26(24)25)12-6-4-5-7-13-23-14-8-11-17-27(23)29-2/h8-11,14-19,28H,3-7,12-13,20-21H2,1-2H3. The van der Waals surface area contributed by atoms with Crippen molar-refractivity contribution in [3.05, 3.63) is 77.4 Å². The van der Waals surface area contributed by atoms with Gasteiger partial charge in [0.05, 0.1) is 7.11 Å². The van der Waals surface area contributed by atoms with Crippen molar-refractivity contribution < 1.29 is 4.74 Å². The third-order valence-corrected chi connectivity index (χ3v) is 5.68. The van der Waals surface area contributed by atoms with E-state index >= 15 is 0 Å². The van der Waals surface area contributed by atoms with Gasteiger partial charge < -0.3 is 10.1 Å². The number of para-hydroxylation sites is 1. The monoisotopic (exact) mass is 389 g/mol. The van der Waals surface area contributed by atoms with E-state index in [1.807, 2.05) is 6.07 Å². The van der Waals surface area contributed by atoms with Crippen LogP contribution in [0.1, 0.15) is 55.7 Å². The Morgan fingerprint density at radius 1 is 0.690 bits per heavy atom. The summed E-state index contributed by atoms with van der Waals surface area (Å²) in [5.41, 5.74) is 4.23. The minimum Gasteiger partial charge on any atom is -0.496 e. The van der Waals surface area contributed by atoms with Gasteiger partial charge >= 0.3 is 0 Å². The van der Waals surface area contributed by atoms with Gasteiger partial charge in [0.1, 0.15) is 5.75 Å². The second kappa shape index (κ2) is 11.6.